The molecule has 2 aliphatic carbocycles. The second kappa shape index (κ2) is 7.36. The zero-order valence-electron chi connectivity index (χ0n) is 14.7. The predicted molar refractivity (Wildman–Crippen MR) is 91.3 cm³/mol. The van der Waals surface area contributed by atoms with Gasteiger partial charge in [0.2, 0.25) is 11.8 Å². The molecule has 0 radical (unpaired) electrons. The third-order valence-corrected chi connectivity index (χ3v) is 5.22. The molecule has 1 unspecified atom stereocenters. The Morgan fingerprint density at radius 2 is 1.83 bits per heavy atom. The summed E-state index contributed by atoms with van der Waals surface area (Å²) in [5.41, 5.74) is 0. The Morgan fingerprint density at radius 3 is 2.42 bits per heavy atom. The number of amides is 2. The molecule has 2 aliphatic rings. The highest BCUT2D eigenvalue weighted by atomic mass is 16.2. The van der Waals surface area contributed by atoms with E-state index in [2.05, 4.69) is 10.00 Å². The SMILES string of the molecule is CC(C(=O)N(C)CC(=O)N(C1CCCCC1)C1CC1)n1cccn1. The molecule has 2 amide bonds. The Morgan fingerprint density at radius 1 is 1.17 bits per heavy atom. The Labute approximate surface area is 143 Å². The third kappa shape index (κ3) is 3.79. The molecule has 3 rings (SSSR count). The van der Waals surface area contributed by atoms with E-state index in [0.717, 1.165) is 25.7 Å². The summed E-state index contributed by atoms with van der Waals surface area (Å²) in [6.07, 6.45) is 11.6. The van der Waals surface area contributed by atoms with Gasteiger partial charge in [-0.3, -0.25) is 14.3 Å². The van der Waals surface area contributed by atoms with E-state index in [1.54, 1.807) is 35.1 Å². The van der Waals surface area contributed by atoms with Crippen molar-refractivity contribution in [2.24, 2.45) is 0 Å². The molecule has 6 heteroatoms. The molecule has 1 aromatic heterocycles. The molecule has 1 atom stereocenters. The molecular formula is C18H28N4O2. The molecule has 2 saturated carbocycles. The first kappa shape index (κ1) is 17.0. The minimum absolute atomic E-state index is 0.0774. The first-order valence-corrected chi connectivity index (χ1v) is 9.13. The van der Waals surface area contributed by atoms with Crippen LogP contribution in [0, 0.1) is 0 Å². The maximum Gasteiger partial charge on any atom is 0.247 e. The lowest BCUT2D eigenvalue weighted by Gasteiger charge is -2.36. The lowest BCUT2D eigenvalue weighted by molar-refractivity contribution is -0.143. The molecule has 0 aromatic carbocycles. The van der Waals surface area contributed by atoms with Gasteiger partial charge >= 0.3 is 0 Å². The van der Waals surface area contributed by atoms with Crippen molar-refractivity contribution in [3.8, 4) is 0 Å². The molecule has 2 fully saturated rings. The fraction of sp³-hybridized carbons (Fsp3) is 0.722. The van der Waals surface area contributed by atoms with Gasteiger partial charge in [0.25, 0.3) is 0 Å². The molecule has 24 heavy (non-hydrogen) atoms. The van der Waals surface area contributed by atoms with Crippen molar-refractivity contribution < 1.29 is 9.59 Å². The minimum atomic E-state index is -0.387. The molecule has 0 saturated heterocycles. The lowest BCUT2D eigenvalue weighted by atomic mass is 9.94. The van der Waals surface area contributed by atoms with E-state index in [1.807, 2.05) is 6.92 Å². The number of hydrogen-bond acceptors (Lipinski definition) is 3. The van der Waals surface area contributed by atoms with E-state index >= 15 is 0 Å². The van der Waals surface area contributed by atoms with Crippen LogP contribution in [-0.2, 0) is 9.59 Å². The van der Waals surface area contributed by atoms with Crippen LogP contribution in [0.25, 0.3) is 0 Å². The molecule has 132 valence electrons. The number of likely N-dealkylation sites (N-methyl/N-ethyl adjacent to an activating group) is 1. The average Bonchev–Trinajstić information content (AvgIpc) is 3.26. The van der Waals surface area contributed by atoms with Gasteiger partial charge in [-0.05, 0) is 38.7 Å². The van der Waals surface area contributed by atoms with Crippen LogP contribution >= 0.6 is 0 Å². The summed E-state index contributed by atoms with van der Waals surface area (Å²) in [5, 5.41) is 4.12. The molecule has 0 spiro atoms. The molecule has 1 heterocycles. The van der Waals surface area contributed by atoms with Gasteiger partial charge < -0.3 is 9.80 Å². The average molecular weight is 332 g/mol. The number of nitrogens with zero attached hydrogens (tertiary/aromatic N) is 4. The Bertz CT molecular complexity index is 562. The predicted octanol–water partition coefficient (Wildman–Crippen LogP) is 2.23. The van der Waals surface area contributed by atoms with Gasteiger partial charge in [0.15, 0.2) is 0 Å². The standard InChI is InChI=1S/C18H28N4O2/c1-14(21-12-6-11-19-21)18(24)20(2)13-17(23)22(16-9-10-16)15-7-4-3-5-8-15/h6,11-12,14-16H,3-5,7-10,13H2,1-2H3. The highest BCUT2D eigenvalue weighted by Crippen LogP contribution is 2.33. The summed E-state index contributed by atoms with van der Waals surface area (Å²) < 4.78 is 1.63. The van der Waals surface area contributed by atoms with Crippen LogP contribution in [0.2, 0.25) is 0 Å². The van der Waals surface area contributed by atoms with Crippen molar-refractivity contribution >= 4 is 11.8 Å². The van der Waals surface area contributed by atoms with Gasteiger partial charge in [-0.25, -0.2) is 0 Å². The lowest BCUT2D eigenvalue weighted by Crippen LogP contribution is -2.48. The van der Waals surface area contributed by atoms with Gasteiger partial charge in [-0.2, -0.15) is 5.10 Å². The van der Waals surface area contributed by atoms with Gasteiger partial charge in [0.05, 0.1) is 6.54 Å². The number of rotatable bonds is 6. The van der Waals surface area contributed by atoms with Gasteiger partial charge in [0.1, 0.15) is 6.04 Å². The number of aromatic nitrogens is 2. The highest BCUT2D eigenvalue weighted by Gasteiger charge is 2.38. The Hall–Kier alpha value is -1.85. The fourth-order valence-corrected chi connectivity index (χ4v) is 3.72. The molecular weight excluding hydrogens is 304 g/mol. The molecule has 0 aliphatic heterocycles. The van der Waals surface area contributed by atoms with Crippen LogP contribution < -0.4 is 0 Å². The molecule has 0 bridgehead atoms. The van der Waals surface area contributed by atoms with Crippen molar-refractivity contribution in [2.45, 2.75) is 70.0 Å². The van der Waals surface area contributed by atoms with Crippen molar-refractivity contribution in [1.29, 1.82) is 0 Å². The topological polar surface area (TPSA) is 58.4 Å². The first-order valence-electron chi connectivity index (χ1n) is 9.13. The summed E-state index contributed by atoms with van der Waals surface area (Å²) in [4.78, 5) is 29.1. The monoisotopic (exact) mass is 332 g/mol. The summed E-state index contributed by atoms with van der Waals surface area (Å²) in [7, 11) is 1.71. The van der Waals surface area contributed by atoms with Crippen LogP contribution in [0.4, 0.5) is 0 Å². The summed E-state index contributed by atoms with van der Waals surface area (Å²) in [5.74, 6) is 0.0272. The second-order valence-electron chi connectivity index (χ2n) is 7.18. The number of carbonyl (C=O) groups is 2. The van der Waals surface area contributed by atoms with E-state index < -0.39 is 0 Å². The summed E-state index contributed by atoms with van der Waals surface area (Å²) in [6.45, 7) is 1.98. The van der Waals surface area contributed by atoms with Crippen LogP contribution in [0.5, 0.6) is 0 Å². The highest BCUT2D eigenvalue weighted by molar-refractivity contribution is 5.86. The van der Waals surface area contributed by atoms with Gasteiger partial charge in [-0.1, -0.05) is 19.3 Å². The van der Waals surface area contributed by atoms with Crippen LogP contribution in [0.3, 0.4) is 0 Å². The van der Waals surface area contributed by atoms with Crippen molar-refractivity contribution in [1.82, 2.24) is 19.6 Å². The van der Waals surface area contributed by atoms with Crippen molar-refractivity contribution in [2.75, 3.05) is 13.6 Å². The van der Waals surface area contributed by atoms with E-state index in [-0.39, 0.29) is 24.4 Å². The summed E-state index contributed by atoms with van der Waals surface area (Å²) >= 11 is 0. The number of carbonyl (C=O) groups excluding carboxylic acids is 2. The minimum Gasteiger partial charge on any atom is -0.335 e. The zero-order chi connectivity index (χ0) is 17.1. The normalized spacial score (nSPS) is 19.8. The first-order chi connectivity index (χ1) is 11.6. The van der Waals surface area contributed by atoms with Crippen LogP contribution in [0.1, 0.15) is 57.9 Å². The zero-order valence-corrected chi connectivity index (χ0v) is 14.7. The number of hydrogen-bond donors (Lipinski definition) is 0. The van der Waals surface area contributed by atoms with Crippen LogP contribution in [-0.4, -0.2) is 57.1 Å². The van der Waals surface area contributed by atoms with E-state index in [0.29, 0.717) is 12.1 Å². The van der Waals surface area contributed by atoms with Crippen molar-refractivity contribution in [3.05, 3.63) is 18.5 Å². The fourth-order valence-electron chi connectivity index (χ4n) is 3.72. The largest absolute Gasteiger partial charge is 0.335 e. The third-order valence-electron chi connectivity index (χ3n) is 5.22. The van der Waals surface area contributed by atoms with Gasteiger partial charge in [0, 0.05) is 31.5 Å². The Balaban J connectivity index is 1.60. The maximum atomic E-state index is 12.9. The summed E-state index contributed by atoms with van der Waals surface area (Å²) in [6, 6.07) is 2.20. The van der Waals surface area contributed by atoms with Gasteiger partial charge in [-0.15, -0.1) is 0 Å². The molecule has 6 nitrogen and oxygen atoms in total. The smallest absolute Gasteiger partial charge is 0.247 e. The second-order valence-corrected chi connectivity index (χ2v) is 7.18. The molecule has 0 N–H and O–H groups in total. The van der Waals surface area contributed by atoms with E-state index in [4.69, 9.17) is 0 Å². The van der Waals surface area contributed by atoms with E-state index in [1.165, 1.54) is 19.3 Å². The van der Waals surface area contributed by atoms with Crippen LogP contribution in [0.15, 0.2) is 18.5 Å². The van der Waals surface area contributed by atoms with E-state index in [9.17, 15) is 9.59 Å². The van der Waals surface area contributed by atoms with Crippen molar-refractivity contribution in [3.63, 3.8) is 0 Å². The molecule has 1 aromatic rings. The Kier molecular flexibility index (Phi) is 5.21. The maximum absolute atomic E-state index is 12.9. The quantitative estimate of drug-likeness (QED) is 0.802.